The molecule has 0 fully saturated rings. The van der Waals surface area contributed by atoms with Gasteiger partial charge in [-0.2, -0.15) is 18.3 Å². The smallest absolute Gasteiger partial charge is 0.416 e. The van der Waals surface area contributed by atoms with Crippen LogP contribution in [0.15, 0.2) is 71.8 Å². The lowest BCUT2D eigenvalue weighted by molar-refractivity contribution is -0.137. The van der Waals surface area contributed by atoms with Crippen molar-refractivity contribution in [2.24, 2.45) is 5.10 Å². The molecule has 144 valence electrons. The second kappa shape index (κ2) is 8.17. The van der Waals surface area contributed by atoms with Crippen LogP contribution >= 0.6 is 0 Å². The van der Waals surface area contributed by atoms with Gasteiger partial charge in [-0.15, -0.1) is 0 Å². The van der Waals surface area contributed by atoms with E-state index in [1.165, 1.54) is 18.3 Å². The van der Waals surface area contributed by atoms with Crippen molar-refractivity contribution in [1.29, 1.82) is 0 Å². The standard InChI is InChI=1S/C22H19F3N2O/c1-15-5-3-8-21(16(15)2)28-20-11-9-17(10-12-20)14-26-27-19-7-4-6-18(13-19)22(23,24)25/h3-14,27H,1-2H3. The molecule has 3 nitrogen and oxygen atoms in total. The van der Waals surface area contributed by atoms with Crippen LogP contribution in [0.2, 0.25) is 0 Å². The second-order valence-electron chi connectivity index (χ2n) is 6.32. The number of hydrogen-bond acceptors (Lipinski definition) is 3. The second-order valence-corrected chi connectivity index (χ2v) is 6.32. The highest BCUT2D eigenvalue weighted by molar-refractivity contribution is 5.80. The average molecular weight is 384 g/mol. The fourth-order valence-corrected chi connectivity index (χ4v) is 2.53. The van der Waals surface area contributed by atoms with Crippen LogP contribution in [-0.4, -0.2) is 6.21 Å². The molecular weight excluding hydrogens is 365 g/mol. The molecule has 3 aromatic carbocycles. The molecule has 0 aliphatic heterocycles. The van der Waals surface area contributed by atoms with Gasteiger partial charge in [-0.25, -0.2) is 0 Å². The first-order valence-corrected chi connectivity index (χ1v) is 8.63. The minimum absolute atomic E-state index is 0.265. The minimum atomic E-state index is -4.38. The van der Waals surface area contributed by atoms with Crippen LogP contribution < -0.4 is 10.2 Å². The summed E-state index contributed by atoms with van der Waals surface area (Å²) in [5.74, 6) is 1.49. The lowest BCUT2D eigenvalue weighted by Crippen LogP contribution is -2.05. The Morgan fingerprint density at radius 3 is 2.36 bits per heavy atom. The van der Waals surface area contributed by atoms with E-state index in [2.05, 4.69) is 10.5 Å². The highest BCUT2D eigenvalue weighted by Crippen LogP contribution is 2.30. The van der Waals surface area contributed by atoms with E-state index >= 15 is 0 Å². The van der Waals surface area contributed by atoms with Crippen molar-refractivity contribution in [3.05, 3.63) is 89.0 Å². The van der Waals surface area contributed by atoms with Gasteiger partial charge in [0.1, 0.15) is 11.5 Å². The normalized spacial score (nSPS) is 11.6. The molecule has 0 radical (unpaired) electrons. The number of benzene rings is 3. The molecule has 0 heterocycles. The maximum Gasteiger partial charge on any atom is 0.416 e. The Morgan fingerprint density at radius 1 is 0.929 bits per heavy atom. The molecule has 0 amide bonds. The van der Waals surface area contributed by atoms with E-state index in [4.69, 9.17) is 4.74 Å². The first-order chi connectivity index (χ1) is 13.3. The van der Waals surface area contributed by atoms with Crippen molar-refractivity contribution in [2.45, 2.75) is 20.0 Å². The number of hydrazone groups is 1. The average Bonchev–Trinajstić information content (AvgIpc) is 2.66. The zero-order chi connectivity index (χ0) is 20.1. The number of hydrogen-bond donors (Lipinski definition) is 1. The molecule has 0 unspecified atom stereocenters. The molecule has 0 spiro atoms. The van der Waals surface area contributed by atoms with Crippen LogP contribution in [0.5, 0.6) is 11.5 Å². The van der Waals surface area contributed by atoms with Gasteiger partial charge < -0.3 is 4.74 Å². The quantitative estimate of drug-likeness (QED) is 0.399. The summed E-state index contributed by atoms with van der Waals surface area (Å²) in [6.45, 7) is 4.03. The summed E-state index contributed by atoms with van der Waals surface area (Å²) in [4.78, 5) is 0. The van der Waals surface area contributed by atoms with Crippen molar-refractivity contribution < 1.29 is 17.9 Å². The molecule has 6 heteroatoms. The third-order valence-electron chi connectivity index (χ3n) is 4.26. The topological polar surface area (TPSA) is 33.6 Å². The van der Waals surface area contributed by atoms with Gasteiger partial charge in [0.05, 0.1) is 17.5 Å². The number of ether oxygens (including phenoxy) is 1. The summed E-state index contributed by atoms with van der Waals surface area (Å²) in [6, 6.07) is 18.0. The Morgan fingerprint density at radius 2 is 1.64 bits per heavy atom. The van der Waals surface area contributed by atoms with Crippen LogP contribution in [0.1, 0.15) is 22.3 Å². The molecule has 3 aromatic rings. The Kier molecular flexibility index (Phi) is 5.68. The fourth-order valence-electron chi connectivity index (χ4n) is 2.53. The van der Waals surface area contributed by atoms with E-state index in [9.17, 15) is 13.2 Å². The maximum atomic E-state index is 12.7. The fraction of sp³-hybridized carbons (Fsp3) is 0.136. The lowest BCUT2D eigenvalue weighted by Gasteiger charge is -2.10. The van der Waals surface area contributed by atoms with E-state index in [-0.39, 0.29) is 5.69 Å². The third-order valence-corrected chi connectivity index (χ3v) is 4.26. The Bertz CT molecular complexity index is 980. The van der Waals surface area contributed by atoms with Crippen LogP contribution in [0.3, 0.4) is 0 Å². The zero-order valence-electron chi connectivity index (χ0n) is 15.4. The highest BCUT2D eigenvalue weighted by atomic mass is 19.4. The number of aryl methyl sites for hydroxylation is 1. The maximum absolute atomic E-state index is 12.7. The van der Waals surface area contributed by atoms with Gasteiger partial charge in [-0.3, -0.25) is 5.43 Å². The van der Waals surface area contributed by atoms with Crippen molar-refractivity contribution >= 4 is 11.9 Å². The molecule has 3 rings (SSSR count). The molecule has 0 saturated heterocycles. The lowest BCUT2D eigenvalue weighted by atomic mass is 10.1. The van der Waals surface area contributed by atoms with E-state index in [1.807, 2.05) is 56.3 Å². The van der Waals surface area contributed by atoms with Crippen LogP contribution in [-0.2, 0) is 6.18 Å². The summed E-state index contributed by atoms with van der Waals surface area (Å²) in [5, 5.41) is 3.99. The molecule has 1 N–H and O–H groups in total. The van der Waals surface area contributed by atoms with Crippen molar-refractivity contribution in [2.75, 3.05) is 5.43 Å². The van der Waals surface area contributed by atoms with Crippen LogP contribution in [0, 0.1) is 13.8 Å². The largest absolute Gasteiger partial charge is 0.457 e. The van der Waals surface area contributed by atoms with Crippen molar-refractivity contribution in [3.8, 4) is 11.5 Å². The van der Waals surface area contributed by atoms with Gasteiger partial charge in [0.25, 0.3) is 0 Å². The van der Waals surface area contributed by atoms with Gasteiger partial charge >= 0.3 is 6.18 Å². The Balaban J connectivity index is 1.64. The summed E-state index contributed by atoms with van der Waals surface area (Å²) < 4.78 is 44.1. The monoisotopic (exact) mass is 384 g/mol. The first-order valence-electron chi connectivity index (χ1n) is 8.63. The van der Waals surface area contributed by atoms with Gasteiger partial charge in [0.15, 0.2) is 0 Å². The predicted octanol–water partition coefficient (Wildman–Crippen LogP) is 6.56. The van der Waals surface area contributed by atoms with E-state index in [1.54, 1.807) is 0 Å². The molecule has 0 aromatic heterocycles. The van der Waals surface area contributed by atoms with Gasteiger partial charge in [0.2, 0.25) is 0 Å². The van der Waals surface area contributed by atoms with Gasteiger partial charge in [0, 0.05) is 0 Å². The van der Waals surface area contributed by atoms with Crippen LogP contribution in [0.25, 0.3) is 0 Å². The van der Waals surface area contributed by atoms with E-state index in [0.717, 1.165) is 34.6 Å². The number of rotatable bonds is 5. The van der Waals surface area contributed by atoms with Crippen molar-refractivity contribution in [3.63, 3.8) is 0 Å². The summed E-state index contributed by atoms with van der Waals surface area (Å²) in [7, 11) is 0. The number of halogens is 3. The number of anilines is 1. The first kappa shape index (κ1) is 19.5. The van der Waals surface area contributed by atoms with Crippen molar-refractivity contribution in [1.82, 2.24) is 0 Å². The highest BCUT2D eigenvalue weighted by Gasteiger charge is 2.30. The number of nitrogens with one attached hydrogen (secondary N) is 1. The SMILES string of the molecule is Cc1cccc(Oc2ccc(C=NNc3cccc(C(F)(F)F)c3)cc2)c1C. The Labute approximate surface area is 161 Å². The molecule has 28 heavy (non-hydrogen) atoms. The minimum Gasteiger partial charge on any atom is -0.457 e. The molecule has 0 bridgehead atoms. The van der Waals surface area contributed by atoms with E-state index in [0.29, 0.717) is 5.75 Å². The summed E-state index contributed by atoms with van der Waals surface area (Å²) in [5.41, 5.74) is 5.18. The van der Waals surface area contributed by atoms with Gasteiger partial charge in [-0.05, 0) is 79.1 Å². The Hall–Kier alpha value is -3.28. The molecule has 0 aliphatic rings. The molecule has 0 aliphatic carbocycles. The molecule has 0 atom stereocenters. The summed E-state index contributed by atoms with van der Waals surface area (Å²) >= 11 is 0. The van der Waals surface area contributed by atoms with Crippen LogP contribution in [0.4, 0.5) is 18.9 Å². The predicted molar refractivity (Wildman–Crippen MR) is 105 cm³/mol. The van der Waals surface area contributed by atoms with E-state index < -0.39 is 11.7 Å². The van der Waals surface area contributed by atoms with Gasteiger partial charge in [-0.1, -0.05) is 18.2 Å². The number of alkyl halides is 3. The molecule has 0 saturated carbocycles. The zero-order valence-corrected chi connectivity index (χ0v) is 15.4. The molecular formula is C22H19F3N2O. The summed E-state index contributed by atoms with van der Waals surface area (Å²) in [6.07, 6.45) is -2.85. The third kappa shape index (κ3) is 4.91. The number of nitrogens with zero attached hydrogens (tertiary/aromatic N) is 1.